The Labute approximate surface area is 121 Å². The molecule has 0 atom stereocenters. The number of benzene rings is 1. The summed E-state index contributed by atoms with van der Waals surface area (Å²) in [5.74, 6) is -0.00101. The van der Waals surface area contributed by atoms with Crippen molar-refractivity contribution in [3.05, 3.63) is 52.5 Å². The van der Waals surface area contributed by atoms with Crippen molar-refractivity contribution in [2.24, 2.45) is 7.05 Å². The fourth-order valence-electron chi connectivity index (χ4n) is 2.15. The molecule has 0 aliphatic carbocycles. The maximum Gasteiger partial charge on any atom is 0.261 e. The van der Waals surface area contributed by atoms with Crippen molar-refractivity contribution in [1.82, 2.24) is 14.9 Å². The number of fused-ring (bicyclic) bond motifs is 1. The lowest BCUT2D eigenvalue weighted by atomic mass is 10.1. The largest absolute Gasteiger partial charge is 0.351 e. The van der Waals surface area contributed by atoms with Crippen LogP contribution in [0.25, 0.3) is 11.0 Å². The normalized spacial score (nSPS) is 10.8. The molecule has 3 aromatic rings. The molecule has 1 amide bonds. The summed E-state index contributed by atoms with van der Waals surface area (Å²) in [4.78, 5) is 16.9. The first kappa shape index (κ1) is 12.9. The van der Waals surface area contributed by atoms with E-state index < -0.39 is 0 Å². The second-order valence-electron chi connectivity index (χ2n) is 4.66. The molecule has 1 N–H and O–H groups in total. The minimum Gasteiger partial charge on any atom is -0.351 e. The number of thiophene rings is 1. The van der Waals surface area contributed by atoms with Crippen LogP contribution in [0.4, 0.5) is 0 Å². The maximum absolute atomic E-state index is 11.8. The van der Waals surface area contributed by atoms with Crippen LogP contribution >= 0.6 is 11.3 Å². The summed E-state index contributed by atoms with van der Waals surface area (Å²) >= 11 is 1.46. The summed E-state index contributed by atoms with van der Waals surface area (Å²) in [6, 6.07) is 9.95. The Morgan fingerprint density at radius 3 is 3.10 bits per heavy atom. The molecule has 0 aliphatic rings. The molecule has 3 rings (SSSR count). The summed E-state index contributed by atoms with van der Waals surface area (Å²) < 4.78 is 2.00. The van der Waals surface area contributed by atoms with Gasteiger partial charge in [0, 0.05) is 13.6 Å². The average Bonchev–Trinajstić information content (AvgIpc) is 3.09. The fourth-order valence-corrected chi connectivity index (χ4v) is 2.79. The van der Waals surface area contributed by atoms with Gasteiger partial charge in [-0.15, -0.1) is 11.3 Å². The van der Waals surface area contributed by atoms with Gasteiger partial charge in [-0.25, -0.2) is 4.98 Å². The molecule has 0 unspecified atom stereocenters. The minimum absolute atomic E-state index is 0.00101. The zero-order chi connectivity index (χ0) is 13.9. The number of carbonyl (C=O) groups is 1. The van der Waals surface area contributed by atoms with E-state index in [-0.39, 0.29) is 5.91 Å². The fraction of sp³-hybridized carbons (Fsp3) is 0.200. The van der Waals surface area contributed by atoms with Crippen molar-refractivity contribution in [2.45, 2.75) is 6.42 Å². The molecule has 1 aromatic carbocycles. The number of aryl methyl sites for hydroxylation is 1. The molecule has 0 aliphatic heterocycles. The number of nitrogens with zero attached hydrogens (tertiary/aromatic N) is 2. The van der Waals surface area contributed by atoms with Gasteiger partial charge in [-0.1, -0.05) is 12.1 Å². The van der Waals surface area contributed by atoms with Crippen LogP contribution in [0.1, 0.15) is 15.2 Å². The van der Waals surface area contributed by atoms with Gasteiger partial charge in [0.25, 0.3) is 5.91 Å². The molecular formula is C15H15N3OS. The van der Waals surface area contributed by atoms with Gasteiger partial charge in [0.05, 0.1) is 22.2 Å². The topological polar surface area (TPSA) is 46.9 Å². The SMILES string of the molecule is Cn1cnc2cc(CCNC(=O)c3cccs3)ccc21. The van der Waals surface area contributed by atoms with Crippen LogP contribution in [0.15, 0.2) is 42.0 Å². The second kappa shape index (κ2) is 5.46. The van der Waals surface area contributed by atoms with E-state index >= 15 is 0 Å². The van der Waals surface area contributed by atoms with Crippen LogP contribution in [0, 0.1) is 0 Å². The number of aromatic nitrogens is 2. The molecule has 4 nitrogen and oxygen atoms in total. The third-order valence-corrected chi connectivity index (χ3v) is 4.10. The summed E-state index contributed by atoms with van der Waals surface area (Å²) in [5.41, 5.74) is 3.30. The average molecular weight is 285 g/mol. The second-order valence-corrected chi connectivity index (χ2v) is 5.61. The van der Waals surface area contributed by atoms with Crippen molar-refractivity contribution >= 4 is 28.3 Å². The third kappa shape index (κ3) is 2.58. The van der Waals surface area contributed by atoms with E-state index in [0.717, 1.165) is 22.3 Å². The number of rotatable bonds is 4. The zero-order valence-electron chi connectivity index (χ0n) is 11.2. The lowest BCUT2D eigenvalue weighted by Gasteiger charge is -2.04. The molecule has 5 heteroatoms. The standard InChI is InChI=1S/C15H15N3OS/c1-18-10-17-12-9-11(4-5-13(12)18)6-7-16-15(19)14-3-2-8-20-14/h2-5,8-10H,6-7H2,1H3,(H,16,19). The Morgan fingerprint density at radius 1 is 1.40 bits per heavy atom. The highest BCUT2D eigenvalue weighted by Crippen LogP contribution is 2.14. The number of amides is 1. The molecule has 0 saturated heterocycles. The lowest BCUT2D eigenvalue weighted by molar-refractivity contribution is 0.0958. The molecule has 0 spiro atoms. The van der Waals surface area contributed by atoms with Crippen LogP contribution in [0.2, 0.25) is 0 Å². The van der Waals surface area contributed by atoms with Crippen molar-refractivity contribution in [1.29, 1.82) is 0 Å². The Bertz CT molecular complexity index is 731. The number of nitrogens with one attached hydrogen (secondary N) is 1. The first-order chi connectivity index (χ1) is 9.74. The summed E-state index contributed by atoms with van der Waals surface area (Å²) in [7, 11) is 1.98. The highest BCUT2D eigenvalue weighted by Gasteiger charge is 2.06. The highest BCUT2D eigenvalue weighted by atomic mass is 32.1. The molecular weight excluding hydrogens is 270 g/mol. The van der Waals surface area contributed by atoms with Gasteiger partial charge in [0.15, 0.2) is 0 Å². The number of imidazole rings is 1. The third-order valence-electron chi connectivity index (χ3n) is 3.23. The highest BCUT2D eigenvalue weighted by molar-refractivity contribution is 7.12. The number of carbonyl (C=O) groups excluding carboxylic acids is 1. The van der Waals surface area contributed by atoms with Crippen LogP contribution in [-0.2, 0) is 13.5 Å². The van der Waals surface area contributed by atoms with Crippen molar-refractivity contribution in [3.63, 3.8) is 0 Å². The van der Waals surface area contributed by atoms with Gasteiger partial charge in [-0.05, 0) is 35.6 Å². The van der Waals surface area contributed by atoms with Crippen LogP contribution in [0.3, 0.4) is 0 Å². The van der Waals surface area contributed by atoms with Crippen molar-refractivity contribution in [3.8, 4) is 0 Å². The summed E-state index contributed by atoms with van der Waals surface area (Å²) in [6.45, 7) is 0.634. The maximum atomic E-state index is 11.8. The Morgan fingerprint density at radius 2 is 2.30 bits per heavy atom. The van der Waals surface area contributed by atoms with Crippen LogP contribution < -0.4 is 5.32 Å². The summed E-state index contributed by atoms with van der Waals surface area (Å²) in [5, 5.41) is 4.84. The van der Waals surface area contributed by atoms with Crippen LogP contribution in [-0.4, -0.2) is 22.0 Å². The molecule has 102 valence electrons. The van der Waals surface area contributed by atoms with E-state index in [0.29, 0.717) is 6.54 Å². The van der Waals surface area contributed by atoms with Crippen LogP contribution in [0.5, 0.6) is 0 Å². The predicted octanol–water partition coefficient (Wildman–Crippen LogP) is 2.61. The minimum atomic E-state index is -0.00101. The van der Waals surface area contributed by atoms with Gasteiger partial charge in [-0.2, -0.15) is 0 Å². The zero-order valence-corrected chi connectivity index (χ0v) is 12.0. The lowest BCUT2D eigenvalue weighted by Crippen LogP contribution is -2.24. The van der Waals surface area contributed by atoms with Gasteiger partial charge < -0.3 is 9.88 Å². The Hall–Kier alpha value is -2.14. The van der Waals surface area contributed by atoms with E-state index in [1.807, 2.05) is 35.5 Å². The molecule has 2 heterocycles. The van der Waals surface area contributed by atoms with E-state index in [9.17, 15) is 4.79 Å². The molecule has 0 fully saturated rings. The van der Waals surface area contributed by atoms with Gasteiger partial charge in [0.2, 0.25) is 0 Å². The Balaban J connectivity index is 1.61. The molecule has 0 radical (unpaired) electrons. The Kier molecular flexibility index (Phi) is 3.52. The van der Waals surface area contributed by atoms with Gasteiger partial charge in [-0.3, -0.25) is 4.79 Å². The molecule has 2 aromatic heterocycles. The summed E-state index contributed by atoms with van der Waals surface area (Å²) in [6.07, 6.45) is 2.62. The number of hydrogen-bond acceptors (Lipinski definition) is 3. The van der Waals surface area contributed by atoms with Crippen molar-refractivity contribution < 1.29 is 4.79 Å². The first-order valence-electron chi connectivity index (χ1n) is 6.46. The monoisotopic (exact) mass is 285 g/mol. The molecule has 0 bridgehead atoms. The number of hydrogen-bond donors (Lipinski definition) is 1. The smallest absolute Gasteiger partial charge is 0.261 e. The van der Waals surface area contributed by atoms with E-state index in [4.69, 9.17) is 0 Å². The first-order valence-corrected chi connectivity index (χ1v) is 7.33. The van der Waals surface area contributed by atoms with Gasteiger partial charge in [0.1, 0.15) is 0 Å². The quantitative estimate of drug-likeness (QED) is 0.801. The van der Waals surface area contributed by atoms with Gasteiger partial charge >= 0.3 is 0 Å². The predicted molar refractivity (Wildman–Crippen MR) is 81.1 cm³/mol. The van der Waals surface area contributed by atoms with Crippen molar-refractivity contribution in [2.75, 3.05) is 6.54 Å². The van der Waals surface area contributed by atoms with E-state index in [1.165, 1.54) is 16.9 Å². The van der Waals surface area contributed by atoms with E-state index in [2.05, 4.69) is 28.5 Å². The molecule has 0 saturated carbocycles. The molecule has 20 heavy (non-hydrogen) atoms. The van der Waals surface area contributed by atoms with E-state index in [1.54, 1.807) is 0 Å².